The highest BCUT2D eigenvalue weighted by molar-refractivity contribution is 5.78. The number of piperidine rings is 1. The molecule has 1 amide bonds. The lowest BCUT2D eigenvalue weighted by Gasteiger charge is -2.37. The Kier molecular flexibility index (Phi) is 4.35. The van der Waals surface area contributed by atoms with Gasteiger partial charge in [0.1, 0.15) is 0 Å². The topological polar surface area (TPSA) is 49.6 Å². The number of nitrogens with zero attached hydrogens (tertiary/aromatic N) is 2. The van der Waals surface area contributed by atoms with Gasteiger partial charge in [0.2, 0.25) is 5.91 Å². The second-order valence-corrected chi connectivity index (χ2v) is 4.20. The van der Waals surface area contributed by atoms with Crippen molar-refractivity contribution in [1.82, 2.24) is 9.80 Å². The normalized spacial score (nSPS) is 22.9. The molecule has 0 unspecified atom stereocenters. The predicted octanol–water partition coefficient (Wildman–Crippen LogP) is -0.112. The highest BCUT2D eigenvalue weighted by Gasteiger charge is 2.25. The molecule has 1 heterocycles. The lowest BCUT2D eigenvalue weighted by Crippen LogP contribution is -2.50. The number of likely N-dealkylation sites (tertiary alicyclic amines) is 1. The number of likely N-dealkylation sites (N-methyl/N-ethyl adjacent to an activating group) is 1. The molecule has 4 nitrogen and oxygen atoms in total. The first-order valence-electron chi connectivity index (χ1n) is 5.29. The van der Waals surface area contributed by atoms with Crippen LogP contribution in [0.4, 0.5) is 0 Å². The highest BCUT2D eigenvalue weighted by atomic mass is 16.2. The second kappa shape index (κ2) is 5.32. The van der Waals surface area contributed by atoms with E-state index in [0.717, 1.165) is 25.9 Å². The van der Waals surface area contributed by atoms with Gasteiger partial charge < -0.3 is 15.5 Å². The van der Waals surface area contributed by atoms with E-state index in [9.17, 15) is 4.79 Å². The summed E-state index contributed by atoms with van der Waals surface area (Å²) in [5, 5.41) is 0. The molecule has 2 N–H and O–H groups in total. The number of rotatable bonds is 3. The largest absolute Gasteiger partial charge is 0.337 e. The first kappa shape index (κ1) is 11.5. The van der Waals surface area contributed by atoms with Crippen LogP contribution in [-0.2, 0) is 4.79 Å². The fourth-order valence-corrected chi connectivity index (χ4v) is 2.06. The van der Waals surface area contributed by atoms with E-state index in [1.807, 2.05) is 19.0 Å². The molecule has 0 aromatic heterocycles. The molecule has 0 bridgehead atoms. The second-order valence-electron chi connectivity index (χ2n) is 4.20. The van der Waals surface area contributed by atoms with Crippen molar-refractivity contribution in [2.24, 2.45) is 5.73 Å². The van der Waals surface area contributed by atoms with Gasteiger partial charge in [0, 0.05) is 19.1 Å². The molecule has 1 saturated heterocycles. The summed E-state index contributed by atoms with van der Waals surface area (Å²) in [6, 6.07) is 0.370. The lowest BCUT2D eigenvalue weighted by atomic mass is 10.0. The van der Waals surface area contributed by atoms with Crippen molar-refractivity contribution >= 4 is 5.91 Å². The Balaban J connectivity index is 2.54. The monoisotopic (exact) mass is 199 g/mol. The molecule has 82 valence electrons. The van der Waals surface area contributed by atoms with E-state index in [-0.39, 0.29) is 12.5 Å². The molecule has 14 heavy (non-hydrogen) atoms. The standard InChI is InChI=1S/C10H21N3O/c1-12(2)8-9-5-3-4-6-13(9)10(14)7-11/h9H,3-8,11H2,1-2H3/t9-/m0/s1. The van der Waals surface area contributed by atoms with Gasteiger partial charge >= 0.3 is 0 Å². The van der Waals surface area contributed by atoms with Gasteiger partial charge in [0.25, 0.3) is 0 Å². The third-order valence-electron chi connectivity index (χ3n) is 2.70. The van der Waals surface area contributed by atoms with Crippen molar-refractivity contribution in [2.75, 3.05) is 33.7 Å². The molecule has 0 aromatic rings. The van der Waals surface area contributed by atoms with Crippen LogP contribution in [0.3, 0.4) is 0 Å². The van der Waals surface area contributed by atoms with Gasteiger partial charge in [0.05, 0.1) is 6.54 Å². The van der Waals surface area contributed by atoms with Crippen molar-refractivity contribution in [3.63, 3.8) is 0 Å². The number of nitrogens with two attached hydrogens (primary N) is 1. The Morgan fingerprint density at radius 3 is 2.79 bits per heavy atom. The summed E-state index contributed by atoms with van der Waals surface area (Å²) in [5.41, 5.74) is 5.39. The Hall–Kier alpha value is -0.610. The van der Waals surface area contributed by atoms with E-state index >= 15 is 0 Å². The lowest BCUT2D eigenvalue weighted by molar-refractivity contribution is -0.133. The molecule has 0 saturated carbocycles. The molecule has 1 rings (SSSR count). The quantitative estimate of drug-likeness (QED) is 0.690. The summed E-state index contributed by atoms with van der Waals surface area (Å²) >= 11 is 0. The summed E-state index contributed by atoms with van der Waals surface area (Å²) in [4.78, 5) is 15.6. The summed E-state index contributed by atoms with van der Waals surface area (Å²) in [7, 11) is 4.08. The van der Waals surface area contributed by atoms with Crippen LogP contribution >= 0.6 is 0 Å². The van der Waals surface area contributed by atoms with Gasteiger partial charge in [-0.1, -0.05) is 0 Å². The highest BCUT2D eigenvalue weighted by Crippen LogP contribution is 2.17. The molecule has 1 aliphatic heterocycles. The molecule has 1 atom stereocenters. The molecule has 1 fully saturated rings. The van der Waals surface area contributed by atoms with Crippen LogP contribution in [-0.4, -0.2) is 55.5 Å². The number of hydrogen-bond donors (Lipinski definition) is 1. The van der Waals surface area contributed by atoms with Crippen LogP contribution in [0.5, 0.6) is 0 Å². The minimum Gasteiger partial charge on any atom is -0.337 e. The van der Waals surface area contributed by atoms with Gasteiger partial charge in [-0.3, -0.25) is 4.79 Å². The SMILES string of the molecule is CN(C)C[C@@H]1CCCCN1C(=O)CN. The van der Waals surface area contributed by atoms with Crippen LogP contribution < -0.4 is 5.73 Å². The summed E-state index contributed by atoms with van der Waals surface area (Å²) in [6.07, 6.45) is 3.46. The van der Waals surface area contributed by atoms with Crippen molar-refractivity contribution in [3.05, 3.63) is 0 Å². The fourth-order valence-electron chi connectivity index (χ4n) is 2.06. The molecular formula is C10H21N3O. The number of hydrogen-bond acceptors (Lipinski definition) is 3. The van der Waals surface area contributed by atoms with E-state index in [2.05, 4.69) is 4.90 Å². The molecular weight excluding hydrogens is 178 g/mol. The van der Waals surface area contributed by atoms with Crippen molar-refractivity contribution in [3.8, 4) is 0 Å². The van der Waals surface area contributed by atoms with Gasteiger partial charge in [0.15, 0.2) is 0 Å². The van der Waals surface area contributed by atoms with E-state index < -0.39 is 0 Å². The van der Waals surface area contributed by atoms with Crippen molar-refractivity contribution in [2.45, 2.75) is 25.3 Å². The Morgan fingerprint density at radius 2 is 2.21 bits per heavy atom. The van der Waals surface area contributed by atoms with Crippen LogP contribution in [0.2, 0.25) is 0 Å². The zero-order valence-electron chi connectivity index (χ0n) is 9.20. The maximum atomic E-state index is 11.5. The van der Waals surface area contributed by atoms with Crippen LogP contribution in [0.1, 0.15) is 19.3 Å². The maximum Gasteiger partial charge on any atom is 0.236 e. The molecule has 1 aliphatic rings. The zero-order valence-corrected chi connectivity index (χ0v) is 9.20. The summed E-state index contributed by atoms with van der Waals surface area (Å²) in [5.74, 6) is 0.0940. The average Bonchev–Trinajstić information content (AvgIpc) is 2.16. The van der Waals surface area contributed by atoms with Crippen molar-refractivity contribution < 1.29 is 4.79 Å². The molecule has 0 aromatic carbocycles. The Labute approximate surface area is 86.0 Å². The van der Waals surface area contributed by atoms with Crippen LogP contribution in [0, 0.1) is 0 Å². The van der Waals surface area contributed by atoms with E-state index in [1.165, 1.54) is 6.42 Å². The predicted molar refractivity (Wildman–Crippen MR) is 57.0 cm³/mol. The van der Waals surface area contributed by atoms with E-state index in [1.54, 1.807) is 0 Å². The van der Waals surface area contributed by atoms with E-state index in [4.69, 9.17) is 5.73 Å². The van der Waals surface area contributed by atoms with Gasteiger partial charge in [-0.25, -0.2) is 0 Å². The van der Waals surface area contributed by atoms with Gasteiger partial charge in [-0.15, -0.1) is 0 Å². The molecule has 4 heteroatoms. The third kappa shape index (κ3) is 2.96. The molecule has 0 spiro atoms. The molecule has 0 aliphatic carbocycles. The van der Waals surface area contributed by atoms with Crippen LogP contribution in [0.15, 0.2) is 0 Å². The third-order valence-corrected chi connectivity index (χ3v) is 2.70. The zero-order chi connectivity index (χ0) is 10.6. The average molecular weight is 199 g/mol. The Morgan fingerprint density at radius 1 is 1.50 bits per heavy atom. The van der Waals surface area contributed by atoms with Gasteiger partial charge in [-0.2, -0.15) is 0 Å². The maximum absolute atomic E-state index is 11.5. The summed E-state index contributed by atoms with van der Waals surface area (Å²) < 4.78 is 0. The van der Waals surface area contributed by atoms with Crippen molar-refractivity contribution in [1.29, 1.82) is 0 Å². The van der Waals surface area contributed by atoms with E-state index in [0.29, 0.717) is 6.04 Å². The smallest absolute Gasteiger partial charge is 0.236 e. The first-order chi connectivity index (χ1) is 6.65. The number of amides is 1. The molecule has 0 radical (unpaired) electrons. The summed E-state index contributed by atoms with van der Waals surface area (Å²) in [6.45, 7) is 1.98. The van der Waals surface area contributed by atoms with Crippen LogP contribution in [0.25, 0.3) is 0 Å². The minimum absolute atomic E-state index is 0.0940. The first-order valence-corrected chi connectivity index (χ1v) is 5.29. The fraction of sp³-hybridized carbons (Fsp3) is 0.900. The number of carbonyl (C=O) groups is 1. The Bertz CT molecular complexity index is 194. The van der Waals surface area contributed by atoms with Gasteiger partial charge in [-0.05, 0) is 33.4 Å². The minimum atomic E-state index is 0.0940. The number of carbonyl (C=O) groups excluding carboxylic acids is 1.